The number of hydrogen-bond donors (Lipinski definition) is 1. The lowest BCUT2D eigenvalue weighted by Crippen LogP contribution is -2.46. The van der Waals surface area contributed by atoms with E-state index < -0.39 is 0 Å². The van der Waals surface area contributed by atoms with Gasteiger partial charge in [0.15, 0.2) is 5.17 Å². The maximum Gasteiger partial charge on any atom is 0.157 e. The van der Waals surface area contributed by atoms with Crippen LogP contribution in [0.1, 0.15) is 45.4 Å². The minimum Gasteiger partial charge on any atom is -0.359 e. The Morgan fingerprint density at radius 1 is 1.32 bits per heavy atom. The highest BCUT2D eigenvalue weighted by Gasteiger charge is 2.38. The van der Waals surface area contributed by atoms with E-state index in [2.05, 4.69) is 24.2 Å². The number of rotatable bonds is 1. The Labute approximate surface area is 121 Å². The largest absolute Gasteiger partial charge is 0.359 e. The molecule has 2 saturated heterocycles. The molecule has 0 aromatic rings. The molecule has 1 N–H and O–H groups in total. The van der Waals surface area contributed by atoms with Crippen molar-refractivity contribution in [1.82, 2.24) is 10.2 Å². The van der Waals surface area contributed by atoms with E-state index in [1.165, 1.54) is 62.5 Å². The number of aliphatic imine (C=N–C) groups is 1. The molecule has 1 saturated carbocycles. The fraction of sp³-hybridized carbons (Fsp3) is 0.933. The smallest absolute Gasteiger partial charge is 0.157 e. The van der Waals surface area contributed by atoms with Crippen LogP contribution in [-0.4, -0.2) is 47.5 Å². The molecule has 1 spiro atoms. The molecular formula is C15H27N3S. The SMILES string of the molecule is CC1CN(C)CCC1N=C1NC2(CCCCC2)CS1. The monoisotopic (exact) mass is 281 g/mol. The molecular weight excluding hydrogens is 254 g/mol. The van der Waals surface area contributed by atoms with Crippen molar-refractivity contribution in [3.05, 3.63) is 0 Å². The van der Waals surface area contributed by atoms with Crippen LogP contribution in [0.2, 0.25) is 0 Å². The Hall–Kier alpha value is -0.220. The van der Waals surface area contributed by atoms with Crippen molar-refractivity contribution in [3.8, 4) is 0 Å². The number of likely N-dealkylation sites (tertiary alicyclic amines) is 1. The molecule has 2 heterocycles. The van der Waals surface area contributed by atoms with Gasteiger partial charge in [0, 0.05) is 17.8 Å². The van der Waals surface area contributed by atoms with Crippen LogP contribution in [0.25, 0.3) is 0 Å². The van der Waals surface area contributed by atoms with Crippen LogP contribution in [0.3, 0.4) is 0 Å². The fourth-order valence-corrected chi connectivity index (χ4v) is 5.03. The first-order valence-corrected chi connectivity index (χ1v) is 8.83. The quantitative estimate of drug-likeness (QED) is 0.801. The van der Waals surface area contributed by atoms with Gasteiger partial charge in [-0.15, -0.1) is 0 Å². The third-order valence-electron chi connectivity index (χ3n) is 5.01. The number of amidine groups is 1. The lowest BCUT2D eigenvalue weighted by Gasteiger charge is -2.34. The summed E-state index contributed by atoms with van der Waals surface area (Å²) in [4.78, 5) is 7.47. The maximum atomic E-state index is 5.04. The number of nitrogens with zero attached hydrogens (tertiary/aromatic N) is 2. The van der Waals surface area contributed by atoms with E-state index in [0.717, 1.165) is 0 Å². The lowest BCUT2D eigenvalue weighted by atomic mass is 9.83. The predicted molar refractivity (Wildman–Crippen MR) is 83.9 cm³/mol. The summed E-state index contributed by atoms with van der Waals surface area (Å²) in [6, 6.07) is 0.532. The molecule has 0 amide bonds. The van der Waals surface area contributed by atoms with Gasteiger partial charge in [-0.1, -0.05) is 37.9 Å². The normalized spacial score (nSPS) is 37.7. The van der Waals surface area contributed by atoms with Gasteiger partial charge in [-0.05, 0) is 38.8 Å². The van der Waals surface area contributed by atoms with Crippen LogP contribution in [0.4, 0.5) is 0 Å². The van der Waals surface area contributed by atoms with Crippen molar-refractivity contribution in [1.29, 1.82) is 0 Å². The molecule has 3 rings (SSSR count). The van der Waals surface area contributed by atoms with Gasteiger partial charge in [0.05, 0.1) is 6.04 Å². The lowest BCUT2D eigenvalue weighted by molar-refractivity contribution is 0.198. The standard InChI is InChI=1S/C15H27N3S/c1-12-10-18(2)9-6-13(12)16-14-17-15(11-19-14)7-4-3-5-8-15/h12-13H,3-11H2,1-2H3,(H,16,17). The maximum absolute atomic E-state index is 5.04. The molecule has 3 fully saturated rings. The topological polar surface area (TPSA) is 27.6 Å². The summed E-state index contributed by atoms with van der Waals surface area (Å²) in [7, 11) is 2.22. The van der Waals surface area contributed by atoms with Crippen LogP contribution in [0.5, 0.6) is 0 Å². The van der Waals surface area contributed by atoms with Crippen molar-refractivity contribution in [3.63, 3.8) is 0 Å². The van der Waals surface area contributed by atoms with E-state index in [4.69, 9.17) is 4.99 Å². The second-order valence-electron chi connectivity index (χ2n) is 6.78. The Kier molecular flexibility index (Phi) is 4.08. The summed E-state index contributed by atoms with van der Waals surface area (Å²) in [6.45, 7) is 4.74. The first-order valence-electron chi connectivity index (χ1n) is 7.84. The molecule has 1 aliphatic carbocycles. The minimum absolute atomic E-state index is 0.399. The highest BCUT2D eigenvalue weighted by Crippen LogP contribution is 2.36. The van der Waals surface area contributed by atoms with Gasteiger partial charge in [-0.25, -0.2) is 0 Å². The Morgan fingerprint density at radius 3 is 2.84 bits per heavy atom. The molecule has 0 aromatic carbocycles. The second-order valence-corrected chi connectivity index (χ2v) is 7.75. The highest BCUT2D eigenvalue weighted by molar-refractivity contribution is 8.14. The number of nitrogens with one attached hydrogen (secondary N) is 1. The molecule has 2 atom stereocenters. The van der Waals surface area contributed by atoms with Gasteiger partial charge < -0.3 is 10.2 Å². The Morgan fingerprint density at radius 2 is 2.11 bits per heavy atom. The summed E-state index contributed by atoms with van der Waals surface area (Å²) in [6.07, 6.45) is 8.13. The molecule has 108 valence electrons. The van der Waals surface area contributed by atoms with Gasteiger partial charge in [0.25, 0.3) is 0 Å². The van der Waals surface area contributed by atoms with Gasteiger partial charge in [0.1, 0.15) is 0 Å². The van der Waals surface area contributed by atoms with Crippen LogP contribution in [-0.2, 0) is 0 Å². The molecule has 19 heavy (non-hydrogen) atoms. The van der Waals surface area contributed by atoms with Crippen molar-refractivity contribution in [2.75, 3.05) is 25.9 Å². The summed E-state index contributed by atoms with van der Waals surface area (Å²) < 4.78 is 0. The third kappa shape index (κ3) is 3.10. The predicted octanol–water partition coefficient (Wildman–Crippen LogP) is 2.72. The summed E-state index contributed by atoms with van der Waals surface area (Å²) in [5, 5.41) is 5.02. The molecule has 3 aliphatic rings. The zero-order valence-corrected chi connectivity index (χ0v) is 13.1. The van der Waals surface area contributed by atoms with Crippen LogP contribution >= 0.6 is 11.8 Å². The number of hydrogen-bond acceptors (Lipinski definition) is 3. The van der Waals surface area contributed by atoms with E-state index in [9.17, 15) is 0 Å². The zero-order chi connectivity index (χ0) is 13.3. The molecule has 2 aliphatic heterocycles. The van der Waals surface area contributed by atoms with Crippen molar-refractivity contribution < 1.29 is 0 Å². The molecule has 0 radical (unpaired) electrons. The average molecular weight is 281 g/mol. The van der Waals surface area contributed by atoms with Gasteiger partial charge >= 0.3 is 0 Å². The Bertz CT molecular complexity index is 349. The summed E-state index contributed by atoms with van der Waals surface area (Å²) >= 11 is 1.97. The number of thioether (sulfide) groups is 1. The number of piperidine rings is 1. The molecule has 0 bridgehead atoms. The van der Waals surface area contributed by atoms with Crippen molar-refractivity contribution in [2.45, 2.75) is 57.0 Å². The van der Waals surface area contributed by atoms with Gasteiger partial charge in [-0.2, -0.15) is 0 Å². The summed E-state index contributed by atoms with van der Waals surface area (Å²) in [5.41, 5.74) is 0.399. The zero-order valence-electron chi connectivity index (χ0n) is 12.3. The van der Waals surface area contributed by atoms with E-state index in [-0.39, 0.29) is 0 Å². The van der Waals surface area contributed by atoms with Crippen LogP contribution in [0.15, 0.2) is 4.99 Å². The first-order chi connectivity index (χ1) is 9.17. The van der Waals surface area contributed by atoms with Gasteiger partial charge in [-0.3, -0.25) is 4.99 Å². The molecule has 2 unspecified atom stereocenters. The van der Waals surface area contributed by atoms with Crippen molar-refractivity contribution in [2.24, 2.45) is 10.9 Å². The van der Waals surface area contributed by atoms with E-state index in [1.807, 2.05) is 11.8 Å². The second kappa shape index (κ2) is 5.65. The van der Waals surface area contributed by atoms with Crippen LogP contribution < -0.4 is 5.32 Å². The van der Waals surface area contributed by atoms with E-state index in [0.29, 0.717) is 17.5 Å². The highest BCUT2D eigenvalue weighted by atomic mass is 32.2. The van der Waals surface area contributed by atoms with E-state index >= 15 is 0 Å². The summed E-state index contributed by atoms with van der Waals surface area (Å²) in [5.74, 6) is 1.93. The van der Waals surface area contributed by atoms with Crippen LogP contribution in [0, 0.1) is 5.92 Å². The fourth-order valence-electron chi connectivity index (χ4n) is 3.76. The minimum atomic E-state index is 0.399. The third-order valence-corrected chi connectivity index (χ3v) is 6.19. The van der Waals surface area contributed by atoms with Gasteiger partial charge in [0.2, 0.25) is 0 Å². The molecule has 3 nitrogen and oxygen atoms in total. The average Bonchev–Trinajstić information content (AvgIpc) is 2.77. The molecule has 4 heteroatoms. The van der Waals surface area contributed by atoms with E-state index in [1.54, 1.807) is 0 Å². The Balaban J connectivity index is 1.62. The molecule has 0 aromatic heterocycles. The van der Waals surface area contributed by atoms with Crippen molar-refractivity contribution >= 4 is 16.9 Å². The first kappa shape index (κ1) is 13.7.